The average Bonchev–Trinajstić information content (AvgIpc) is 2.74. The second-order valence-corrected chi connectivity index (χ2v) is 4.63. The Morgan fingerprint density at radius 3 is 3.00 bits per heavy atom. The number of hydrogen-bond donors (Lipinski definition) is 2. The Balaban J connectivity index is 2.37. The summed E-state index contributed by atoms with van der Waals surface area (Å²) >= 11 is 0. The van der Waals surface area contributed by atoms with Gasteiger partial charge in [0, 0.05) is 31.6 Å². The molecule has 1 heterocycles. The van der Waals surface area contributed by atoms with E-state index in [4.69, 9.17) is 9.84 Å². The summed E-state index contributed by atoms with van der Waals surface area (Å²) in [6.45, 7) is 11.3. The van der Waals surface area contributed by atoms with Crippen molar-refractivity contribution >= 4 is 0 Å². The Morgan fingerprint density at radius 2 is 2.35 bits per heavy atom. The van der Waals surface area contributed by atoms with Crippen LogP contribution in [0.1, 0.15) is 13.3 Å². The monoisotopic (exact) mass is 242 g/mol. The molecule has 0 aromatic rings. The van der Waals surface area contributed by atoms with Gasteiger partial charge < -0.3 is 15.2 Å². The molecule has 0 aromatic carbocycles. The van der Waals surface area contributed by atoms with Crippen LogP contribution in [0.3, 0.4) is 0 Å². The van der Waals surface area contributed by atoms with Crippen LogP contribution in [0.4, 0.5) is 0 Å². The van der Waals surface area contributed by atoms with Crippen LogP contribution in [0, 0.1) is 5.92 Å². The van der Waals surface area contributed by atoms with Crippen molar-refractivity contribution in [1.29, 1.82) is 0 Å². The molecule has 2 unspecified atom stereocenters. The Hall–Kier alpha value is -0.420. The molecule has 1 aliphatic rings. The molecule has 0 bridgehead atoms. The zero-order valence-electron chi connectivity index (χ0n) is 10.9. The van der Waals surface area contributed by atoms with Crippen LogP contribution in [-0.2, 0) is 4.74 Å². The molecule has 4 nitrogen and oxygen atoms in total. The molecule has 0 amide bonds. The minimum Gasteiger partial charge on any atom is -0.395 e. The highest BCUT2D eigenvalue weighted by molar-refractivity contribution is 4.85. The molecule has 1 aliphatic heterocycles. The van der Waals surface area contributed by atoms with E-state index in [0.717, 1.165) is 39.3 Å². The highest BCUT2D eigenvalue weighted by Crippen LogP contribution is 2.15. The summed E-state index contributed by atoms with van der Waals surface area (Å²) < 4.78 is 5.55. The molecular formula is C13H26N2O2. The van der Waals surface area contributed by atoms with Gasteiger partial charge in [-0.05, 0) is 13.0 Å². The van der Waals surface area contributed by atoms with E-state index >= 15 is 0 Å². The normalized spacial score (nSPS) is 24.4. The minimum absolute atomic E-state index is 0.203. The standard InChI is InChI=1S/C13H26N2O2/c1-3-5-14-13-11-17-10-12(13)9-15(6-4-2)7-8-16/h4,12-14,16H,2-3,5-11H2,1H3. The third-order valence-electron chi connectivity index (χ3n) is 3.15. The van der Waals surface area contributed by atoms with Crippen LogP contribution < -0.4 is 5.32 Å². The van der Waals surface area contributed by atoms with Gasteiger partial charge >= 0.3 is 0 Å². The Bertz CT molecular complexity index is 212. The summed E-state index contributed by atoms with van der Waals surface area (Å²) in [6, 6.07) is 0.459. The van der Waals surface area contributed by atoms with Gasteiger partial charge in [-0.15, -0.1) is 6.58 Å². The second-order valence-electron chi connectivity index (χ2n) is 4.63. The fourth-order valence-electron chi connectivity index (χ4n) is 2.25. The fraction of sp³-hybridized carbons (Fsp3) is 0.846. The number of ether oxygens (including phenoxy) is 1. The quantitative estimate of drug-likeness (QED) is 0.577. The lowest BCUT2D eigenvalue weighted by molar-refractivity contribution is 0.158. The third kappa shape index (κ3) is 5.17. The minimum atomic E-state index is 0.203. The van der Waals surface area contributed by atoms with Crippen molar-refractivity contribution in [3.63, 3.8) is 0 Å². The third-order valence-corrected chi connectivity index (χ3v) is 3.15. The zero-order valence-corrected chi connectivity index (χ0v) is 10.9. The van der Waals surface area contributed by atoms with Crippen molar-refractivity contribution in [2.24, 2.45) is 5.92 Å². The smallest absolute Gasteiger partial charge is 0.0623 e. The predicted octanol–water partition coefficient (Wildman–Crippen LogP) is 0.481. The number of aliphatic hydroxyl groups excluding tert-OH is 1. The zero-order chi connectivity index (χ0) is 12.5. The highest BCUT2D eigenvalue weighted by Gasteiger charge is 2.28. The first-order valence-electron chi connectivity index (χ1n) is 6.57. The Kier molecular flexibility index (Phi) is 7.44. The lowest BCUT2D eigenvalue weighted by atomic mass is 10.0. The average molecular weight is 242 g/mol. The maximum Gasteiger partial charge on any atom is 0.0623 e. The van der Waals surface area contributed by atoms with E-state index in [1.165, 1.54) is 0 Å². The van der Waals surface area contributed by atoms with Gasteiger partial charge in [-0.3, -0.25) is 4.90 Å². The molecule has 0 radical (unpaired) electrons. The number of aliphatic hydroxyl groups is 1. The van der Waals surface area contributed by atoms with Crippen molar-refractivity contribution in [2.75, 3.05) is 46.0 Å². The van der Waals surface area contributed by atoms with Crippen molar-refractivity contribution in [1.82, 2.24) is 10.2 Å². The van der Waals surface area contributed by atoms with E-state index in [2.05, 4.69) is 23.7 Å². The molecule has 4 heteroatoms. The van der Waals surface area contributed by atoms with Gasteiger partial charge in [0.2, 0.25) is 0 Å². The molecule has 0 spiro atoms. The Morgan fingerprint density at radius 1 is 1.53 bits per heavy atom. The topological polar surface area (TPSA) is 44.7 Å². The molecule has 2 atom stereocenters. The molecule has 17 heavy (non-hydrogen) atoms. The molecule has 1 fully saturated rings. The van der Waals surface area contributed by atoms with Crippen LogP contribution in [-0.4, -0.2) is 62.0 Å². The fourth-order valence-corrected chi connectivity index (χ4v) is 2.25. The summed E-state index contributed by atoms with van der Waals surface area (Å²) in [5.41, 5.74) is 0. The maximum atomic E-state index is 9.02. The van der Waals surface area contributed by atoms with Crippen LogP contribution in [0.2, 0.25) is 0 Å². The number of nitrogens with zero attached hydrogens (tertiary/aromatic N) is 1. The molecule has 1 saturated heterocycles. The van der Waals surface area contributed by atoms with E-state index in [0.29, 0.717) is 18.5 Å². The summed E-state index contributed by atoms with van der Waals surface area (Å²) in [5, 5.41) is 12.6. The molecule has 2 N–H and O–H groups in total. The van der Waals surface area contributed by atoms with E-state index in [-0.39, 0.29) is 6.61 Å². The van der Waals surface area contributed by atoms with E-state index in [1.54, 1.807) is 0 Å². The van der Waals surface area contributed by atoms with Gasteiger partial charge in [0.05, 0.1) is 19.8 Å². The molecule has 0 aromatic heterocycles. The van der Waals surface area contributed by atoms with Crippen LogP contribution in [0.5, 0.6) is 0 Å². The first-order chi connectivity index (χ1) is 8.31. The van der Waals surface area contributed by atoms with Gasteiger partial charge in [0.1, 0.15) is 0 Å². The largest absolute Gasteiger partial charge is 0.395 e. The Labute approximate surface area is 105 Å². The maximum absolute atomic E-state index is 9.02. The lowest BCUT2D eigenvalue weighted by Gasteiger charge is -2.26. The number of rotatable bonds is 9. The van der Waals surface area contributed by atoms with E-state index in [1.807, 2.05) is 6.08 Å². The first kappa shape index (κ1) is 14.6. The molecular weight excluding hydrogens is 216 g/mol. The number of nitrogens with one attached hydrogen (secondary N) is 1. The van der Waals surface area contributed by atoms with Crippen molar-refractivity contribution in [3.8, 4) is 0 Å². The van der Waals surface area contributed by atoms with E-state index < -0.39 is 0 Å². The van der Waals surface area contributed by atoms with Gasteiger partial charge in [0.15, 0.2) is 0 Å². The van der Waals surface area contributed by atoms with Gasteiger partial charge in [-0.1, -0.05) is 13.0 Å². The summed E-state index contributed by atoms with van der Waals surface area (Å²) in [7, 11) is 0. The second kappa shape index (κ2) is 8.64. The molecule has 0 aliphatic carbocycles. The van der Waals surface area contributed by atoms with E-state index in [9.17, 15) is 0 Å². The van der Waals surface area contributed by atoms with Crippen molar-refractivity contribution < 1.29 is 9.84 Å². The summed E-state index contributed by atoms with van der Waals surface area (Å²) in [5.74, 6) is 0.521. The molecule has 1 rings (SSSR count). The van der Waals surface area contributed by atoms with Crippen molar-refractivity contribution in [2.45, 2.75) is 19.4 Å². The van der Waals surface area contributed by atoms with Crippen molar-refractivity contribution in [3.05, 3.63) is 12.7 Å². The van der Waals surface area contributed by atoms with Gasteiger partial charge in [-0.25, -0.2) is 0 Å². The van der Waals surface area contributed by atoms with Crippen LogP contribution in [0.15, 0.2) is 12.7 Å². The highest BCUT2D eigenvalue weighted by atomic mass is 16.5. The first-order valence-corrected chi connectivity index (χ1v) is 6.57. The summed E-state index contributed by atoms with van der Waals surface area (Å²) in [4.78, 5) is 2.23. The number of hydrogen-bond acceptors (Lipinski definition) is 4. The molecule has 100 valence electrons. The lowest BCUT2D eigenvalue weighted by Crippen LogP contribution is -2.42. The predicted molar refractivity (Wildman–Crippen MR) is 70.1 cm³/mol. The van der Waals surface area contributed by atoms with Crippen LogP contribution in [0.25, 0.3) is 0 Å². The van der Waals surface area contributed by atoms with Gasteiger partial charge in [0.25, 0.3) is 0 Å². The van der Waals surface area contributed by atoms with Gasteiger partial charge in [-0.2, -0.15) is 0 Å². The summed E-state index contributed by atoms with van der Waals surface area (Å²) in [6.07, 6.45) is 3.04. The molecule has 0 saturated carbocycles. The van der Waals surface area contributed by atoms with Crippen LogP contribution >= 0.6 is 0 Å². The SMILES string of the molecule is C=CCN(CCO)CC1COCC1NCCC.